The standard InChI is InChI=1S/C16H27N3S/c1-16(9-5-11-20-16)15(17-2)12-13-8-10-19(18-13)14-6-3-4-7-14/h8,10,14-15,17H,3-7,9,11-12H2,1-2H3. The molecule has 1 aromatic heterocycles. The van der Waals surface area contributed by atoms with Crippen molar-refractivity contribution < 1.29 is 0 Å². The zero-order valence-electron chi connectivity index (χ0n) is 12.8. The Balaban J connectivity index is 1.66. The summed E-state index contributed by atoms with van der Waals surface area (Å²) in [6, 6.07) is 3.42. The van der Waals surface area contributed by atoms with E-state index < -0.39 is 0 Å². The van der Waals surface area contributed by atoms with E-state index in [9.17, 15) is 0 Å². The van der Waals surface area contributed by atoms with Crippen LogP contribution in [-0.4, -0.2) is 33.4 Å². The number of nitrogens with zero attached hydrogens (tertiary/aromatic N) is 2. The number of hydrogen-bond acceptors (Lipinski definition) is 3. The number of hydrogen-bond donors (Lipinski definition) is 1. The smallest absolute Gasteiger partial charge is 0.0640 e. The molecule has 0 bridgehead atoms. The lowest BCUT2D eigenvalue weighted by molar-refractivity contribution is 0.413. The molecular weight excluding hydrogens is 266 g/mol. The van der Waals surface area contributed by atoms with Crippen LogP contribution in [0.4, 0.5) is 0 Å². The lowest BCUT2D eigenvalue weighted by Crippen LogP contribution is -2.45. The minimum Gasteiger partial charge on any atom is -0.315 e. The summed E-state index contributed by atoms with van der Waals surface area (Å²) in [5.74, 6) is 1.31. The van der Waals surface area contributed by atoms with E-state index in [0.717, 1.165) is 6.42 Å². The lowest BCUT2D eigenvalue weighted by atomic mass is 9.92. The first-order valence-corrected chi connectivity index (χ1v) is 9.05. The number of nitrogens with one attached hydrogen (secondary N) is 1. The van der Waals surface area contributed by atoms with Crippen molar-refractivity contribution in [2.24, 2.45) is 0 Å². The predicted octanol–water partition coefficient (Wildman–Crippen LogP) is 3.41. The van der Waals surface area contributed by atoms with Crippen molar-refractivity contribution in [3.63, 3.8) is 0 Å². The third kappa shape index (κ3) is 2.91. The Morgan fingerprint density at radius 3 is 2.90 bits per heavy atom. The van der Waals surface area contributed by atoms with E-state index in [0.29, 0.717) is 16.8 Å². The van der Waals surface area contributed by atoms with Crippen LogP contribution in [0, 0.1) is 0 Å². The molecule has 0 aromatic carbocycles. The second kappa shape index (κ2) is 6.10. The highest BCUT2D eigenvalue weighted by Gasteiger charge is 2.37. The van der Waals surface area contributed by atoms with Crippen molar-refractivity contribution in [1.82, 2.24) is 15.1 Å². The Morgan fingerprint density at radius 1 is 1.45 bits per heavy atom. The first kappa shape index (κ1) is 14.5. The summed E-state index contributed by atoms with van der Waals surface area (Å²) < 4.78 is 2.60. The molecule has 1 aliphatic carbocycles. The molecule has 2 unspecified atom stereocenters. The summed E-state index contributed by atoms with van der Waals surface area (Å²) in [4.78, 5) is 0. The molecule has 2 aliphatic rings. The first-order chi connectivity index (χ1) is 9.71. The summed E-state index contributed by atoms with van der Waals surface area (Å²) >= 11 is 2.13. The molecule has 1 aliphatic heterocycles. The van der Waals surface area contributed by atoms with Crippen LogP contribution in [0.5, 0.6) is 0 Å². The molecule has 20 heavy (non-hydrogen) atoms. The summed E-state index contributed by atoms with van der Waals surface area (Å²) in [7, 11) is 2.10. The van der Waals surface area contributed by atoms with E-state index in [1.165, 1.54) is 50.0 Å². The van der Waals surface area contributed by atoms with Gasteiger partial charge in [0.2, 0.25) is 0 Å². The average Bonchev–Trinajstić information content (AvgIpc) is 3.17. The highest BCUT2D eigenvalue weighted by molar-refractivity contribution is 8.00. The average molecular weight is 293 g/mol. The Kier molecular flexibility index (Phi) is 4.41. The monoisotopic (exact) mass is 293 g/mol. The molecule has 1 N–H and O–H groups in total. The van der Waals surface area contributed by atoms with Crippen LogP contribution in [0.2, 0.25) is 0 Å². The number of aromatic nitrogens is 2. The third-order valence-corrected chi connectivity index (χ3v) is 6.75. The van der Waals surface area contributed by atoms with Crippen LogP contribution in [0.3, 0.4) is 0 Å². The zero-order chi connectivity index (χ0) is 14.0. The molecule has 0 radical (unpaired) electrons. The molecule has 1 saturated heterocycles. The second-order valence-corrected chi connectivity index (χ2v) is 8.16. The zero-order valence-corrected chi connectivity index (χ0v) is 13.6. The van der Waals surface area contributed by atoms with Crippen LogP contribution in [0.25, 0.3) is 0 Å². The van der Waals surface area contributed by atoms with Crippen molar-refractivity contribution in [3.8, 4) is 0 Å². The van der Waals surface area contributed by atoms with Gasteiger partial charge in [-0.3, -0.25) is 4.68 Å². The minimum absolute atomic E-state index is 0.381. The van der Waals surface area contributed by atoms with Gasteiger partial charge in [-0.05, 0) is 51.5 Å². The van der Waals surface area contributed by atoms with Gasteiger partial charge in [0.05, 0.1) is 11.7 Å². The van der Waals surface area contributed by atoms with Gasteiger partial charge in [0.15, 0.2) is 0 Å². The van der Waals surface area contributed by atoms with Gasteiger partial charge in [-0.25, -0.2) is 0 Å². The van der Waals surface area contributed by atoms with Crippen molar-refractivity contribution in [2.45, 2.75) is 68.7 Å². The quantitative estimate of drug-likeness (QED) is 0.902. The van der Waals surface area contributed by atoms with E-state index in [-0.39, 0.29) is 0 Å². The maximum atomic E-state index is 4.85. The Morgan fingerprint density at radius 2 is 2.25 bits per heavy atom. The topological polar surface area (TPSA) is 29.9 Å². The highest BCUT2D eigenvalue weighted by atomic mass is 32.2. The molecule has 3 nitrogen and oxygen atoms in total. The molecular formula is C16H27N3S. The van der Waals surface area contributed by atoms with Crippen LogP contribution in [0.1, 0.15) is 57.2 Å². The van der Waals surface area contributed by atoms with Crippen LogP contribution in [0.15, 0.2) is 12.3 Å². The maximum absolute atomic E-state index is 4.85. The van der Waals surface area contributed by atoms with Gasteiger partial charge in [-0.2, -0.15) is 16.9 Å². The maximum Gasteiger partial charge on any atom is 0.0640 e. The Bertz CT molecular complexity index is 431. The summed E-state index contributed by atoms with van der Waals surface area (Å²) in [6.45, 7) is 2.42. The van der Waals surface area contributed by atoms with Crippen molar-refractivity contribution in [3.05, 3.63) is 18.0 Å². The molecule has 2 fully saturated rings. The Hall–Kier alpha value is -0.480. The third-order valence-electron chi connectivity index (χ3n) is 5.11. The fourth-order valence-electron chi connectivity index (χ4n) is 3.77. The number of rotatable bonds is 5. The summed E-state index contributed by atoms with van der Waals surface area (Å²) in [6.07, 6.45) is 11.3. The number of thioether (sulfide) groups is 1. The molecule has 1 saturated carbocycles. The van der Waals surface area contributed by atoms with Gasteiger partial charge in [0.25, 0.3) is 0 Å². The van der Waals surface area contributed by atoms with Crippen molar-refractivity contribution in [2.75, 3.05) is 12.8 Å². The fraction of sp³-hybridized carbons (Fsp3) is 0.812. The van der Waals surface area contributed by atoms with Crippen LogP contribution < -0.4 is 5.32 Å². The van der Waals surface area contributed by atoms with Gasteiger partial charge in [-0.15, -0.1) is 0 Å². The molecule has 3 rings (SSSR count). The molecule has 4 heteroatoms. The normalized spacial score (nSPS) is 29.1. The van der Waals surface area contributed by atoms with Gasteiger partial charge >= 0.3 is 0 Å². The van der Waals surface area contributed by atoms with E-state index in [1.54, 1.807) is 0 Å². The molecule has 0 spiro atoms. The largest absolute Gasteiger partial charge is 0.315 e. The molecule has 1 aromatic rings. The van der Waals surface area contributed by atoms with Gasteiger partial charge in [0, 0.05) is 23.4 Å². The summed E-state index contributed by atoms with van der Waals surface area (Å²) in [5, 5.41) is 8.39. The lowest BCUT2D eigenvalue weighted by Gasteiger charge is -2.32. The second-order valence-electron chi connectivity index (χ2n) is 6.54. The highest BCUT2D eigenvalue weighted by Crippen LogP contribution is 2.41. The minimum atomic E-state index is 0.381. The van der Waals surface area contributed by atoms with Crippen molar-refractivity contribution >= 4 is 11.8 Å². The first-order valence-electron chi connectivity index (χ1n) is 8.06. The molecule has 112 valence electrons. The van der Waals surface area contributed by atoms with Gasteiger partial charge in [0.1, 0.15) is 0 Å². The fourth-order valence-corrected chi connectivity index (χ4v) is 5.21. The number of likely N-dealkylation sites (N-methyl/N-ethyl adjacent to an activating group) is 1. The molecule has 2 heterocycles. The SMILES string of the molecule is CNC(Cc1ccn(C2CCCC2)n1)C1(C)CCCS1. The predicted molar refractivity (Wildman–Crippen MR) is 86.4 cm³/mol. The van der Waals surface area contributed by atoms with Crippen LogP contribution in [-0.2, 0) is 6.42 Å². The van der Waals surface area contributed by atoms with E-state index >= 15 is 0 Å². The summed E-state index contributed by atoms with van der Waals surface area (Å²) in [5.41, 5.74) is 1.25. The van der Waals surface area contributed by atoms with Gasteiger partial charge in [-0.1, -0.05) is 12.8 Å². The Labute approximate surface area is 126 Å². The van der Waals surface area contributed by atoms with E-state index in [2.05, 4.69) is 48.0 Å². The molecule has 2 atom stereocenters. The molecule has 0 amide bonds. The van der Waals surface area contributed by atoms with E-state index in [1.807, 2.05) is 0 Å². The van der Waals surface area contributed by atoms with E-state index in [4.69, 9.17) is 5.10 Å². The van der Waals surface area contributed by atoms with Crippen LogP contribution >= 0.6 is 11.8 Å². The van der Waals surface area contributed by atoms with Crippen molar-refractivity contribution in [1.29, 1.82) is 0 Å². The van der Waals surface area contributed by atoms with Gasteiger partial charge < -0.3 is 5.32 Å².